The standard InChI is InChI=1S/C17H35NO7.C17H26O6.C13H27NO5.C13H26O6.C11H23NO4.C11H22O5.C9H18O4/c1-18-2-4-19-6-8-21-10-12-23-14-16-25-17-15-24-13-11-22-9-7-20-5-3-18;1-15-2-3-16-17(14-15)23-13-11-21-9-7-19-5-4-18-6-8-20-10-12-22-16;1-14-2-4-15-6-8-17-10-12-19-13-11-18-9-7-16-5-3-14;1-13-12-18-9-8-16-5-4-14-2-3-15-6-7-17-10-11-19-13;1-12-2-4-13-6-8-15-10-11-16-9-7-14-5-3-12;1-11-10-15-7-6-13-3-2-12-4-5-14-8-9-16-11;1-9-8-12-5-4-10-2-3-11-6-7-13-9/h2-17H2,1H3;2-3,14H,4-13H2,1H3;2-13H2,1H3;13H,2-12H2,1H3;2-11H2,1H3;11H,2-10H2,1H3;9H,2-8H2,1H3. The molecule has 0 spiro atoms. The molecule has 0 bridgehead atoms. The number of aryl methyl sites for hydroxylation is 1. The lowest BCUT2D eigenvalue weighted by Crippen LogP contribution is -2.28. The van der Waals surface area contributed by atoms with E-state index in [1.54, 1.807) is 0 Å². The lowest BCUT2D eigenvalue weighted by molar-refractivity contribution is -0.0607. The van der Waals surface area contributed by atoms with E-state index in [2.05, 4.69) is 35.8 Å². The molecular formula is C91H177N3O37. The minimum absolute atomic E-state index is 0.0714. The SMILES string of the molecule is CC1COCCOCCOCCO1.CC1COCCOCCOCCOCCO1.CC1COCCOCCOCCOCCOCCO1.CN1CCOCCOCCOCCOCC1.CN1CCOCCOCCOCCOCCOCC1.CN1CCOCCOCCOCCOCCOCCOCCOCC1.Cc1ccc2c(c1)OCCOCCOCCOCCOCCO2. The largest absolute Gasteiger partial charge is 0.487 e. The van der Waals surface area contributed by atoms with Crippen LogP contribution in [0.25, 0.3) is 0 Å². The molecule has 8 rings (SSSR count). The summed E-state index contributed by atoms with van der Waals surface area (Å²) in [4.78, 5) is 6.57. The molecule has 0 aliphatic carbocycles. The first-order valence-electron chi connectivity index (χ1n) is 47.5. The van der Waals surface area contributed by atoms with Gasteiger partial charge in [0.1, 0.15) is 13.2 Å². The number of nitrogens with zero attached hydrogens (tertiary/aromatic N) is 3. The maximum atomic E-state index is 5.76. The Labute approximate surface area is 784 Å². The van der Waals surface area contributed by atoms with Crippen LogP contribution in [-0.2, 0) is 166 Å². The van der Waals surface area contributed by atoms with Gasteiger partial charge in [-0.1, -0.05) is 6.07 Å². The van der Waals surface area contributed by atoms with Crippen molar-refractivity contribution >= 4 is 0 Å². The molecule has 0 amide bonds. The lowest BCUT2D eigenvalue weighted by atomic mass is 10.2. The molecule has 778 valence electrons. The van der Waals surface area contributed by atoms with Crippen molar-refractivity contribution in [3.63, 3.8) is 0 Å². The normalized spacial score (nSPS) is 24.9. The van der Waals surface area contributed by atoms with Gasteiger partial charge in [-0.05, 0) is 66.5 Å². The summed E-state index contributed by atoms with van der Waals surface area (Å²) in [5, 5.41) is 0. The Balaban J connectivity index is 0.000000522. The number of hydrogen-bond acceptors (Lipinski definition) is 40. The van der Waals surface area contributed by atoms with Gasteiger partial charge in [-0.25, -0.2) is 0 Å². The van der Waals surface area contributed by atoms with Crippen molar-refractivity contribution < 1.29 is 175 Å². The second-order valence-corrected chi connectivity index (χ2v) is 29.6. The molecule has 1 aromatic rings. The van der Waals surface area contributed by atoms with Crippen LogP contribution in [0.2, 0.25) is 0 Å². The number of fused-ring (bicyclic) bond motifs is 1. The Hall–Kier alpha value is -2.70. The Morgan fingerprint density at radius 2 is 0.305 bits per heavy atom. The van der Waals surface area contributed by atoms with Crippen LogP contribution < -0.4 is 9.47 Å². The zero-order valence-corrected chi connectivity index (χ0v) is 81.4. The van der Waals surface area contributed by atoms with Gasteiger partial charge in [0.15, 0.2) is 11.5 Å². The molecule has 40 heteroatoms. The van der Waals surface area contributed by atoms with Gasteiger partial charge >= 0.3 is 0 Å². The molecule has 0 N–H and O–H groups in total. The first-order chi connectivity index (χ1) is 64.7. The first-order valence-corrected chi connectivity index (χ1v) is 47.5. The van der Waals surface area contributed by atoms with Gasteiger partial charge in [-0.3, -0.25) is 0 Å². The Morgan fingerprint density at radius 1 is 0.168 bits per heavy atom. The zero-order valence-electron chi connectivity index (χ0n) is 81.4. The number of ether oxygens (including phenoxy) is 37. The fourth-order valence-corrected chi connectivity index (χ4v) is 10.6. The van der Waals surface area contributed by atoms with Gasteiger partial charge in [0.05, 0.1) is 461 Å². The molecule has 0 radical (unpaired) electrons. The first kappa shape index (κ1) is 124. The quantitative estimate of drug-likeness (QED) is 0.359. The van der Waals surface area contributed by atoms with Gasteiger partial charge in [0.2, 0.25) is 0 Å². The van der Waals surface area contributed by atoms with Gasteiger partial charge in [0, 0.05) is 39.3 Å². The predicted molar refractivity (Wildman–Crippen MR) is 487 cm³/mol. The molecule has 0 saturated carbocycles. The van der Waals surface area contributed by atoms with Crippen molar-refractivity contribution in [2.24, 2.45) is 0 Å². The smallest absolute Gasteiger partial charge is 0.161 e. The molecule has 3 atom stereocenters. The summed E-state index contributed by atoms with van der Waals surface area (Å²) < 4.78 is 201. The fourth-order valence-electron chi connectivity index (χ4n) is 10.6. The third kappa shape index (κ3) is 97.3. The molecule has 3 unspecified atom stereocenters. The topological polar surface area (TPSA) is 351 Å². The summed E-state index contributed by atoms with van der Waals surface area (Å²) >= 11 is 0. The molecule has 6 saturated heterocycles. The van der Waals surface area contributed by atoms with Crippen LogP contribution >= 0.6 is 0 Å². The van der Waals surface area contributed by atoms with E-state index in [9.17, 15) is 0 Å². The summed E-state index contributed by atoms with van der Waals surface area (Å²) in [6, 6.07) is 5.88. The average Bonchev–Trinajstić information content (AvgIpc) is 0.893. The summed E-state index contributed by atoms with van der Waals surface area (Å²) in [5.74, 6) is 1.45. The summed E-state index contributed by atoms with van der Waals surface area (Å²) in [5.41, 5.74) is 1.12. The van der Waals surface area contributed by atoms with E-state index in [0.29, 0.717) is 429 Å². The van der Waals surface area contributed by atoms with E-state index in [-0.39, 0.29) is 18.3 Å². The van der Waals surface area contributed by atoms with E-state index < -0.39 is 0 Å². The highest BCUT2D eigenvalue weighted by atomic mass is 16.6. The molecule has 40 nitrogen and oxygen atoms in total. The Bertz CT molecular complexity index is 2190. The van der Waals surface area contributed by atoms with Gasteiger partial charge in [-0.2, -0.15) is 0 Å². The minimum atomic E-state index is 0.0714. The van der Waals surface area contributed by atoms with Crippen LogP contribution in [0.5, 0.6) is 11.5 Å². The fraction of sp³-hybridized carbons (Fsp3) is 0.934. The number of hydrogen-bond donors (Lipinski definition) is 0. The van der Waals surface area contributed by atoms with Crippen LogP contribution in [0.15, 0.2) is 18.2 Å². The van der Waals surface area contributed by atoms with Crippen molar-refractivity contribution in [1.82, 2.24) is 14.7 Å². The second-order valence-electron chi connectivity index (χ2n) is 29.6. The molecule has 0 aromatic heterocycles. The summed E-state index contributed by atoms with van der Waals surface area (Å²) in [6.07, 6.45) is 0.315. The zero-order chi connectivity index (χ0) is 93.5. The van der Waals surface area contributed by atoms with Crippen LogP contribution in [-0.4, -0.2) is 549 Å². The van der Waals surface area contributed by atoms with Crippen molar-refractivity contribution in [2.75, 3.05) is 516 Å². The second kappa shape index (κ2) is 105. The van der Waals surface area contributed by atoms with E-state index in [1.165, 1.54) is 0 Å². The van der Waals surface area contributed by atoms with Crippen molar-refractivity contribution in [3.05, 3.63) is 23.8 Å². The third-order valence-electron chi connectivity index (χ3n) is 18.0. The lowest BCUT2D eigenvalue weighted by Gasteiger charge is -2.17. The summed E-state index contributed by atoms with van der Waals surface area (Å²) in [7, 11) is 6.19. The van der Waals surface area contributed by atoms with E-state index in [4.69, 9.17) is 175 Å². The molecular weight excluding hydrogens is 1730 g/mol. The van der Waals surface area contributed by atoms with E-state index in [1.807, 2.05) is 45.9 Å². The van der Waals surface area contributed by atoms with E-state index in [0.717, 1.165) is 82.8 Å². The third-order valence-corrected chi connectivity index (χ3v) is 18.0. The van der Waals surface area contributed by atoms with Crippen molar-refractivity contribution in [1.29, 1.82) is 0 Å². The maximum absolute atomic E-state index is 5.76. The summed E-state index contributed by atoms with van der Waals surface area (Å²) in [6.45, 7) is 54.9. The minimum Gasteiger partial charge on any atom is -0.487 e. The van der Waals surface area contributed by atoms with Crippen molar-refractivity contribution in [3.8, 4) is 11.5 Å². The number of rotatable bonds is 0. The van der Waals surface area contributed by atoms with Crippen LogP contribution in [0.1, 0.15) is 26.3 Å². The number of benzene rings is 1. The van der Waals surface area contributed by atoms with Crippen molar-refractivity contribution in [2.45, 2.75) is 46.0 Å². The molecule has 7 aliphatic rings. The highest BCUT2D eigenvalue weighted by molar-refractivity contribution is 5.42. The molecule has 131 heavy (non-hydrogen) atoms. The molecule has 7 heterocycles. The van der Waals surface area contributed by atoms with Crippen LogP contribution in [0.4, 0.5) is 0 Å². The highest BCUT2D eigenvalue weighted by Crippen LogP contribution is 2.28. The monoisotopic (exact) mass is 1900 g/mol. The number of likely N-dealkylation sites (N-methyl/N-ethyl adjacent to an activating group) is 3. The Kier molecular flexibility index (Phi) is 99.3. The molecule has 7 aliphatic heterocycles. The predicted octanol–water partition coefficient (Wildman–Crippen LogP) is 3.31. The highest BCUT2D eigenvalue weighted by Gasteiger charge is 2.12. The Morgan fingerprint density at radius 3 is 0.481 bits per heavy atom. The van der Waals surface area contributed by atoms with Gasteiger partial charge in [0.25, 0.3) is 0 Å². The van der Waals surface area contributed by atoms with Gasteiger partial charge in [-0.15, -0.1) is 0 Å². The average molecular weight is 1910 g/mol. The van der Waals surface area contributed by atoms with Crippen LogP contribution in [0.3, 0.4) is 0 Å². The molecule has 6 fully saturated rings. The van der Waals surface area contributed by atoms with E-state index >= 15 is 0 Å². The van der Waals surface area contributed by atoms with Crippen LogP contribution in [0, 0.1) is 6.92 Å². The maximum Gasteiger partial charge on any atom is 0.161 e. The van der Waals surface area contributed by atoms with Gasteiger partial charge < -0.3 is 190 Å². The molecule has 1 aromatic carbocycles.